The molecule has 0 heterocycles. The van der Waals surface area contributed by atoms with E-state index in [0.29, 0.717) is 12.3 Å². The van der Waals surface area contributed by atoms with E-state index in [1.165, 1.54) is 0 Å². The highest BCUT2D eigenvalue weighted by atomic mass is 16.5. The van der Waals surface area contributed by atoms with E-state index in [2.05, 4.69) is 27.7 Å². The SMILES string of the molecule is COc1ccc(C(=O)CC2C(C)(C)CCCC2(C)O)cc1C(C)C. The fourth-order valence-electron chi connectivity index (χ4n) is 4.25. The molecule has 1 aliphatic carbocycles. The van der Waals surface area contributed by atoms with Gasteiger partial charge in [0.25, 0.3) is 0 Å². The molecule has 1 aromatic rings. The molecule has 134 valence electrons. The van der Waals surface area contributed by atoms with Gasteiger partial charge in [0.2, 0.25) is 0 Å². The molecule has 1 saturated carbocycles. The lowest BCUT2D eigenvalue weighted by Gasteiger charge is -2.48. The number of aliphatic hydroxyl groups is 1. The Morgan fingerprint density at radius 2 is 1.96 bits per heavy atom. The first kappa shape index (κ1) is 19.0. The minimum atomic E-state index is -0.773. The Bertz CT molecular complexity index is 583. The second-order valence-electron chi connectivity index (χ2n) is 8.49. The lowest BCUT2D eigenvalue weighted by molar-refractivity contribution is -0.0881. The lowest BCUT2D eigenvalue weighted by atomic mass is 9.60. The molecular formula is C21H32O3. The Kier molecular flexibility index (Phi) is 5.44. The van der Waals surface area contributed by atoms with E-state index in [1.807, 2.05) is 25.1 Å². The van der Waals surface area contributed by atoms with Crippen molar-refractivity contribution in [1.82, 2.24) is 0 Å². The van der Waals surface area contributed by atoms with E-state index in [1.54, 1.807) is 7.11 Å². The third-order valence-electron chi connectivity index (χ3n) is 5.76. The van der Waals surface area contributed by atoms with Gasteiger partial charge in [-0.3, -0.25) is 4.79 Å². The largest absolute Gasteiger partial charge is 0.496 e. The normalized spacial score (nSPS) is 26.4. The summed E-state index contributed by atoms with van der Waals surface area (Å²) in [6, 6.07) is 5.68. The molecule has 1 aromatic carbocycles. The second kappa shape index (κ2) is 6.87. The molecule has 2 unspecified atom stereocenters. The molecule has 2 rings (SSSR count). The minimum absolute atomic E-state index is 0.0177. The number of benzene rings is 1. The van der Waals surface area contributed by atoms with Crippen LogP contribution < -0.4 is 4.74 Å². The molecule has 0 spiro atoms. The summed E-state index contributed by atoms with van der Waals surface area (Å²) in [5.41, 5.74) is 0.977. The topological polar surface area (TPSA) is 46.5 Å². The Labute approximate surface area is 146 Å². The van der Waals surface area contributed by atoms with Crippen molar-refractivity contribution in [2.75, 3.05) is 7.11 Å². The van der Waals surface area contributed by atoms with Gasteiger partial charge in [-0.1, -0.05) is 34.1 Å². The number of ketones is 1. The monoisotopic (exact) mass is 332 g/mol. The Balaban J connectivity index is 2.27. The average molecular weight is 332 g/mol. The second-order valence-corrected chi connectivity index (χ2v) is 8.49. The van der Waals surface area contributed by atoms with Crippen molar-refractivity contribution in [3.8, 4) is 5.75 Å². The van der Waals surface area contributed by atoms with Crippen molar-refractivity contribution in [3.05, 3.63) is 29.3 Å². The van der Waals surface area contributed by atoms with E-state index < -0.39 is 5.60 Å². The summed E-state index contributed by atoms with van der Waals surface area (Å²) < 4.78 is 5.41. The lowest BCUT2D eigenvalue weighted by Crippen LogP contribution is -2.47. The highest BCUT2D eigenvalue weighted by Crippen LogP contribution is 2.48. The van der Waals surface area contributed by atoms with Crippen molar-refractivity contribution in [1.29, 1.82) is 0 Å². The number of carbonyl (C=O) groups is 1. The number of Topliss-reactive ketones (excluding diaryl/α,β-unsaturated/α-hetero) is 1. The van der Waals surface area contributed by atoms with Crippen LogP contribution in [0.15, 0.2) is 18.2 Å². The number of carbonyl (C=O) groups excluding carboxylic acids is 1. The molecule has 2 atom stereocenters. The van der Waals surface area contributed by atoms with Crippen molar-refractivity contribution >= 4 is 5.78 Å². The molecular weight excluding hydrogens is 300 g/mol. The number of hydrogen-bond donors (Lipinski definition) is 1. The molecule has 0 radical (unpaired) electrons. The Morgan fingerprint density at radius 1 is 1.29 bits per heavy atom. The molecule has 1 fully saturated rings. The Morgan fingerprint density at radius 3 is 2.50 bits per heavy atom. The summed E-state index contributed by atoms with van der Waals surface area (Å²) in [5.74, 6) is 1.21. The zero-order chi connectivity index (χ0) is 18.1. The summed E-state index contributed by atoms with van der Waals surface area (Å²) in [4.78, 5) is 12.9. The standard InChI is InChI=1S/C21H32O3/c1-14(2)16-12-15(8-9-18(16)24-6)17(22)13-19-20(3,4)10-7-11-21(19,5)23/h8-9,12,14,19,23H,7,10-11,13H2,1-6H3. The average Bonchev–Trinajstić information content (AvgIpc) is 2.49. The van der Waals surface area contributed by atoms with Crippen LogP contribution in [0.3, 0.4) is 0 Å². The third kappa shape index (κ3) is 3.83. The number of rotatable bonds is 5. The molecule has 1 N–H and O–H groups in total. The molecule has 0 aliphatic heterocycles. The zero-order valence-electron chi connectivity index (χ0n) is 16.0. The Hall–Kier alpha value is -1.35. The summed E-state index contributed by atoms with van der Waals surface area (Å²) >= 11 is 0. The molecule has 0 aromatic heterocycles. The van der Waals surface area contributed by atoms with Gasteiger partial charge in [-0.2, -0.15) is 0 Å². The van der Waals surface area contributed by atoms with Gasteiger partial charge >= 0.3 is 0 Å². The van der Waals surface area contributed by atoms with Crippen LogP contribution in [-0.2, 0) is 0 Å². The first-order valence-electron chi connectivity index (χ1n) is 9.02. The van der Waals surface area contributed by atoms with Gasteiger partial charge in [-0.15, -0.1) is 0 Å². The van der Waals surface area contributed by atoms with Gasteiger partial charge in [0.05, 0.1) is 12.7 Å². The maximum atomic E-state index is 12.9. The third-order valence-corrected chi connectivity index (χ3v) is 5.76. The maximum absolute atomic E-state index is 12.9. The van der Waals surface area contributed by atoms with E-state index in [0.717, 1.165) is 36.1 Å². The molecule has 3 heteroatoms. The number of ether oxygens (including phenoxy) is 1. The van der Waals surface area contributed by atoms with E-state index in [-0.39, 0.29) is 17.1 Å². The van der Waals surface area contributed by atoms with Crippen molar-refractivity contribution in [2.45, 2.75) is 71.8 Å². The highest BCUT2D eigenvalue weighted by Gasteiger charge is 2.46. The number of methoxy groups -OCH3 is 1. The van der Waals surface area contributed by atoms with Gasteiger partial charge in [-0.25, -0.2) is 0 Å². The van der Waals surface area contributed by atoms with Crippen LogP contribution >= 0.6 is 0 Å². The fraction of sp³-hybridized carbons (Fsp3) is 0.667. The quantitative estimate of drug-likeness (QED) is 0.774. The van der Waals surface area contributed by atoms with Crippen LogP contribution in [0, 0.1) is 11.3 Å². The molecule has 0 bridgehead atoms. The summed E-state index contributed by atoms with van der Waals surface area (Å²) in [7, 11) is 1.66. The van der Waals surface area contributed by atoms with Gasteiger partial charge < -0.3 is 9.84 Å². The van der Waals surface area contributed by atoms with Crippen LogP contribution in [0.5, 0.6) is 5.75 Å². The van der Waals surface area contributed by atoms with Crippen molar-refractivity contribution in [2.24, 2.45) is 11.3 Å². The fourth-order valence-corrected chi connectivity index (χ4v) is 4.25. The molecule has 0 saturated heterocycles. The molecule has 0 amide bonds. The van der Waals surface area contributed by atoms with Crippen molar-refractivity contribution < 1.29 is 14.6 Å². The van der Waals surface area contributed by atoms with E-state index in [4.69, 9.17) is 4.74 Å². The van der Waals surface area contributed by atoms with Gasteiger partial charge in [0, 0.05) is 12.0 Å². The minimum Gasteiger partial charge on any atom is -0.496 e. The van der Waals surface area contributed by atoms with Gasteiger partial charge in [-0.05, 0) is 60.8 Å². The summed E-state index contributed by atoms with van der Waals surface area (Å²) in [6.45, 7) is 10.4. The first-order valence-corrected chi connectivity index (χ1v) is 9.02. The van der Waals surface area contributed by atoms with E-state index >= 15 is 0 Å². The smallest absolute Gasteiger partial charge is 0.163 e. The van der Waals surface area contributed by atoms with E-state index in [9.17, 15) is 9.90 Å². The molecule has 1 aliphatic rings. The van der Waals surface area contributed by atoms with Gasteiger partial charge in [0.1, 0.15) is 5.75 Å². The zero-order valence-corrected chi connectivity index (χ0v) is 16.0. The first-order chi connectivity index (χ1) is 11.1. The van der Waals surface area contributed by atoms with Crippen LogP contribution in [0.25, 0.3) is 0 Å². The van der Waals surface area contributed by atoms with Gasteiger partial charge in [0.15, 0.2) is 5.78 Å². The number of hydrogen-bond acceptors (Lipinski definition) is 3. The molecule has 3 nitrogen and oxygen atoms in total. The highest BCUT2D eigenvalue weighted by molar-refractivity contribution is 5.96. The van der Waals surface area contributed by atoms with Crippen LogP contribution in [0.1, 0.15) is 82.1 Å². The van der Waals surface area contributed by atoms with Crippen LogP contribution in [-0.4, -0.2) is 23.6 Å². The summed E-state index contributed by atoms with van der Waals surface area (Å²) in [5, 5.41) is 10.8. The van der Waals surface area contributed by atoms with Crippen LogP contribution in [0.2, 0.25) is 0 Å². The predicted octanol–water partition coefficient (Wildman–Crippen LogP) is 4.97. The molecule has 24 heavy (non-hydrogen) atoms. The van der Waals surface area contributed by atoms with Crippen LogP contribution in [0.4, 0.5) is 0 Å². The van der Waals surface area contributed by atoms with Crippen molar-refractivity contribution in [3.63, 3.8) is 0 Å². The summed E-state index contributed by atoms with van der Waals surface area (Å²) in [6.07, 6.45) is 3.24. The predicted molar refractivity (Wildman–Crippen MR) is 97.8 cm³/mol. The maximum Gasteiger partial charge on any atom is 0.163 e.